The average molecular weight is 988 g/mol. The minimum Gasteiger partial charge on any atom is -0.545 e. The number of ether oxygens (including phenoxy) is 4. The lowest BCUT2D eigenvalue weighted by Gasteiger charge is -2.26. The molecule has 9 nitrogen and oxygen atoms in total. The molecule has 0 N–H and O–H groups in total. The average Bonchev–Trinajstić information content (AvgIpc) is 3.34. The van der Waals surface area contributed by atoms with Crippen molar-refractivity contribution in [2.45, 2.75) is 206 Å². The van der Waals surface area contributed by atoms with Gasteiger partial charge in [-0.1, -0.05) is 200 Å². The summed E-state index contributed by atoms with van der Waals surface area (Å²) in [5.41, 5.74) is 0. The van der Waals surface area contributed by atoms with Gasteiger partial charge in [0.1, 0.15) is 13.2 Å². The Labute approximate surface area is 434 Å². The van der Waals surface area contributed by atoms with Crippen LogP contribution in [0.4, 0.5) is 0 Å². The number of esters is 2. The maximum atomic E-state index is 12.8. The van der Waals surface area contributed by atoms with Gasteiger partial charge in [-0.15, -0.1) is 0 Å². The quantitative estimate of drug-likeness (QED) is 0.0195. The van der Waals surface area contributed by atoms with Crippen LogP contribution in [0.2, 0.25) is 0 Å². The molecule has 402 valence electrons. The van der Waals surface area contributed by atoms with E-state index in [1.54, 1.807) is 0 Å². The van der Waals surface area contributed by atoms with Gasteiger partial charge in [-0.05, 0) is 103 Å². The molecule has 0 aromatic rings. The standard InChI is InChI=1S/C62H101NO8/c1-6-8-10-12-14-16-18-19-20-21-22-23-24-25-26-27-28-29-30-31-32-33-34-35-36-37-38-39-40-41-43-45-47-49-51-53-60(65)71-58(57-70-62(61(66)67)68-55-54-63(3,4)5)56-69-59(64)52-50-48-46-44-42-17-15-13-11-9-7-2/h8,10,13-16,19-20,22-23,25-26,28-29,31-32,34-35,37-38,58,62H,6-7,9,11-12,17-18,21,24,27,30,33,36,39-57H2,1-5H3/b10-8-,15-13-,16-14-,20-19-,23-22-,26-25-,29-28-,32-31-,35-34-,38-37-. The molecule has 2 unspecified atom stereocenters. The molecule has 0 aromatic heterocycles. The molecule has 0 amide bonds. The number of unbranched alkanes of at least 4 members (excludes halogenated alkanes) is 14. The number of quaternary nitrogens is 1. The second-order valence-electron chi connectivity index (χ2n) is 19.1. The summed E-state index contributed by atoms with van der Waals surface area (Å²) in [4.78, 5) is 37.1. The van der Waals surface area contributed by atoms with Crippen molar-refractivity contribution in [3.05, 3.63) is 122 Å². The molecular formula is C62H101NO8. The lowest BCUT2D eigenvalue weighted by Crippen LogP contribution is -2.44. The lowest BCUT2D eigenvalue weighted by atomic mass is 10.1. The van der Waals surface area contributed by atoms with Crippen LogP contribution in [0.5, 0.6) is 0 Å². The molecule has 0 aliphatic carbocycles. The van der Waals surface area contributed by atoms with Gasteiger partial charge in [-0.2, -0.15) is 0 Å². The highest BCUT2D eigenvalue weighted by Gasteiger charge is 2.22. The fourth-order valence-corrected chi connectivity index (χ4v) is 6.92. The first-order valence-electron chi connectivity index (χ1n) is 27.7. The fourth-order valence-electron chi connectivity index (χ4n) is 6.92. The number of carboxylic acid groups (broad SMARTS) is 1. The summed E-state index contributed by atoms with van der Waals surface area (Å²) in [6, 6.07) is 0. The van der Waals surface area contributed by atoms with Gasteiger partial charge in [0, 0.05) is 12.8 Å². The van der Waals surface area contributed by atoms with Crippen molar-refractivity contribution in [3.63, 3.8) is 0 Å². The molecule has 0 spiro atoms. The zero-order chi connectivity index (χ0) is 52.0. The molecule has 0 aliphatic heterocycles. The van der Waals surface area contributed by atoms with Gasteiger partial charge in [0.15, 0.2) is 12.4 Å². The first kappa shape index (κ1) is 66.7. The van der Waals surface area contributed by atoms with Gasteiger partial charge in [-0.25, -0.2) is 0 Å². The number of allylic oxidation sites excluding steroid dienone is 20. The molecule has 2 atom stereocenters. The third kappa shape index (κ3) is 53.3. The molecule has 0 aromatic carbocycles. The predicted molar refractivity (Wildman–Crippen MR) is 296 cm³/mol. The van der Waals surface area contributed by atoms with Gasteiger partial charge in [-0.3, -0.25) is 9.59 Å². The Morgan fingerprint density at radius 1 is 0.437 bits per heavy atom. The van der Waals surface area contributed by atoms with Crippen molar-refractivity contribution in [2.24, 2.45) is 0 Å². The number of hydrogen-bond acceptors (Lipinski definition) is 8. The van der Waals surface area contributed by atoms with E-state index in [4.69, 9.17) is 18.9 Å². The third-order valence-electron chi connectivity index (χ3n) is 11.2. The molecule has 0 bridgehead atoms. The monoisotopic (exact) mass is 988 g/mol. The smallest absolute Gasteiger partial charge is 0.306 e. The number of rotatable bonds is 49. The minimum absolute atomic E-state index is 0.138. The number of hydrogen-bond donors (Lipinski definition) is 0. The summed E-state index contributed by atoms with van der Waals surface area (Å²) in [7, 11) is 5.90. The number of carbonyl (C=O) groups is 3. The lowest BCUT2D eigenvalue weighted by molar-refractivity contribution is -0.870. The van der Waals surface area contributed by atoms with Crippen LogP contribution in [0, 0.1) is 0 Å². The highest BCUT2D eigenvalue weighted by molar-refractivity contribution is 5.70. The predicted octanol–water partition coefficient (Wildman–Crippen LogP) is 14.8. The molecule has 71 heavy (non-hydrogen) atoms. The SMILES string of the molecule is CC/C=C\C/C=C\C/C=C\C/C=C\C/C=C\C/C=C\C/C=C\C/C=C\C/C=C\CCCCCCCCCC(=O)OC(COC(=O)CCCCCCC/C=C\CCCC)COC(OCC[N+](C)(C)C)C(=O)[O-]. The topological polar surface area (TPSA) is 111 Å². The van der Waals surface area contributed by atoms with Gasteiger partial charge in [0.25, 0.3) is 0 Å². The Hall–Kier alpha value is -4.31. The van der Waals surface area contributed by atoms with E-state index in [9.17, 15) is 19.5 Å². The molecule has 0 rings (SSSR count). The van der Waals surface area contributed by atoms with Gasteiger partial charge < -0.3 is 33.3 Å². The van der Waals surface area contributed by atoms with Crippen LogP contribution >= 0.6 is 0 Å². The van der Waals surface area contributed by atoms with Crippen LogP contribution < -0.4 is 5.11 Å². The van der Waals surface area contributed by atoms with Crippen LogP contribution in [0.25, 0.3) is 0 Å². The zero-order valence-electron chi connectivity index (χ0n) is 45.5. The molecule has 0 fully saturated rings. The van der Waals surface area contributed by atoms with E-state index < -0.39 is 24.3 Å². The van der Waals surface area contributed by atoms with Crippen molar-refractivity contribution in [3.8, 4) is 0 Å². The summed E-state index contributed by atoms with van der Waals surface area (Å²) < 4.78 is 22.6. The zero-order valence-corrected chi connectivity index (χ0v) is 45.5. The van der Waals surface area contributed by atoms with E-state index in [-0.39, 0.29) is 38.6 Å². The minimum atomic E-state index is -1.63. The van der Waals surface area contributed by atoms with Gasteiger partial charge >= 0.3 is 11.9 Å². The highest BCUT2D eigenvalue weighted by Crippen LogP contribution is 2.13. The maximum absolute atomic E-state index is 12.8. The number of carboxylic acids is 1. The summed E-state index contributed by atoms with van der Waals surface area (Å²) in [6.45, 7) is 4.54. The van der Waals surface area contributed by atoms with Gasteiger partial charge in [0.2, 0.25) is 0 Å². The molecule has 0 saturated carbocycles. The summed E-state index contributed by atoms with van der Waals surface area (Å²) >= 11 is 0. The van der Waals surface area contributed by atoms with Crippen molar-refractivity contribution in [1.82, 2.24) is 0 Å². The number of likely N-dealkylation sites (N-methyl/N-ethyl adjacent to an activating group) is 1. The van der Waals surface area contributed by atoms with Crippen molar-refractivity contribution >= 4 is 17.9 Å². The van der Waals surface area contributed by atoms with Crippen LogP contribution in [0.3, 0.4) is 0 Å². The molecular weight excluding hydrogens is 887 g/mol. The number of nitrogens with zero attached hydrogens (tertiary/aromatic N) is 1. The summed E-state index contributed by atoms with van der Waals surface area (Å²) in [6.07, 6.45) is 69.7. The molecule has 0 aliphatic rings. The second kappa shape index (κ2) is 52.0. The first-order valence-corrected chi connectivity index (χ1v) is 27.7. The highest BCUT2D eigenvalue weighted by atomic mass is 16.7. The van der Waals surface area contributed by atoms with E-state index in [1.165, 1.54) is 32.1 Å². The van der Waals surface area contributed by atoms with Crippen LogP contribution in [-0.2, 0) is 33.3 Å². The summed E-state index contributed by atoms with van der Waals surface area (Å²) in [5.74, 6) is -2.33. The van der Waals surface area contributed by atoms with E-state index in [0.29, 0.717) is 17.4 Å². The number of aliphatic carboxylic acids is 1. The second-order valence-corrected chi connectivity index (χ2v) is 19.1. The van der Waals surface area contributed by atoms with Crippen LogP contribution in [0.15, 0.2) is 122 Å². The van der Waals surface area contributed by atoms with Crippen LogP contribution in [-0.4, -0.2) is 82.3 Å². The Morgan fingerprint density at radius 3 is 1.21 bits per heavy atom. The molecule has 9 heteroatoms. The van der Waals surface area contributed by atoms with Crippen molar-refractivity contribution < 1.29 is 42.9 Å². The van der Waals surface area contributed by atoms with E-state index >= 15 is 0 Å². The Balaban J connectivity index is 4.23. The third-order valence-corrected chi connectivity index (χ3v) is 11.2. The molecule has 0 radical (unpaired) electrons. The van der Waals surface area contributed by atoms with E-state index in [0.717, 1.165) is 128 Å². The summed E-state index contributed by atoms with van der Waals surface area (Å²) in [5, 5.41) is 11.7. The normalized spacial score (nSPS) is 13.8. The Morgan fingerprint density at radius 2 is 0.803 bits per heavy atom. The van der Waals surface area contributed by atoms with Crippen molar-refractivity contribution in [2.75, 3.05) is 47.5 Å². The largest absolute Gasteiger partial charge is 0.545 e. The van der Waals surface area contributed by atoms with Crippen molar-refractivity contribution in [1.29, 1.82) is 0 Å². The fraction of sp³-hybridized carbons (Fsp3) is 0.629. The van der Waals surface area contributed by atoms with Gasteiger partial charge in [0.05, 0.1) is 40.3 Å². The van der Waals surface area contributed by atoms with E-state index in [2.05, 4.69) is 135 Å². The number of carbonyl (C=O) groups excluding carboxylic acids is 3. The molecule has 0 heterocycles. The molecule has 0 saturated heterocycles. The maximum Gasteiger partial charge on any atom is 0.306 e. The Kier molecular flexibility index (Phi) is 48.9. The van der Waals surface area contributed by atoms with Crippen LogP contribution in [0.1, 0.15) is 194 Å². The van der Waals surface area contributed by atoms with E-state index in [1.807, 2.05) is 21.1 Å². The first-order chi connectivity index (χ1) is 34.6. The Bertz CT molecular complexity index is 1570.